The van der Waals surface area contributed by atoms with Gasteiger partial charge in [-0.3, -0.25) is 0 Å². The first-order valence-corrected chi connectivity index (χ1v) is 7.83. The highest BCUT2D eigenvalue weighted by atomic mass is 15.1. The molecule has 3 rings (SSSR count). The van der Waals surface area contributed by atoms with E-state index in [4.69, 9.17) is 0 Å². The zero-order valence-electron chi connectivity index (χ0n) is 11.2. The van der Waals surface area contributed by atoms with Crippen LogP contribution in [0.1, 0.15) is 44.9 Å². The third-order valence-corrected chi connectivity index (χ3v) is 4.68. The first kappa shape index (κ1) is 12.0. The van der Waals surface area contributed by atoms with Gasteiger partial charge in [0.1, 0.15) is 0 Å². The molecule has 98 valence electrons. The molecule has 0 radical (unpaired) electrons. The summed E-state index contributed by atoms with van der Waals surface area (Å²) in [5.41, 5.74) is 0. The third kappa shape index (κ3) is 4.26. The van der Waals surface area contributed by atoms with Crippen LogP contribution >= 0.6 is 0 Å². The van der Waals surface area contributed by atoms with Gasteiger partial charge < -0.3 is 10.2 Å². The maximum atomic E-state index is 3.55. The summed E-state index contributed by atoms with van der Waals surface area (Å²) in [7, 11) is 0. The predicted molar refractivity (Wildman–Crippen MR) is 72.1 cm³/mol. The number of hydrogen-bond acceptors (Lipinski definition) is 2. The Morgan fingerprint density at radius 2 is 1.59 bits per heavy atom. The van der Waals surface area contributed by atoms with Gasteiger partial charge in [0, 0.05) is 13.1 Å². The summed E-state index contributed by atoms with van der Waals surface area (Å²) in [4.78, 5) is 2.80. The van der Waals surface area contributed by atoms with Gasteiger partial charge in [-0.1, -0.05) is 0 Å². The van der Waals surface area contributed by atoms with Gasteiger partial charge in [0.05, 0.1) is 0 Å². The highest BCUT2D eigenvalue weighted by Gasteiger charge is 2.29. The molecule has 17 heavy (non-hydrogen) atoms. The highest BCUT2D eigenvalue weighted by Crippen LogP contribution is 2.34. The maximum absolute atomic E-state index is 3.55. The van der Waals surface area contributed by atoms with Crippen LogP contribution in [0.15, 0.2) is 0 Å². The van der Waals surface area contributed by atoms with Gasteiger partial charge in [-0.2, -0.15) is 0 Å². The second-order valence-corrected chi connectivity index (χ2v) is 6.65. The fraction of sp³-hybridized carbons (Fsp3) is 1.00. The molecule has 1 heterocycles. The van der Waals surface area contributed by atoms with Gasteiger partial charge in [0.25, 0.3) is 0 Å². The van der Waals surface area contributed by atoms with Crippen LogP contribution in [0.4, 0.5) is 0 Å². The molecular weight excluding hydrogens is 208 g/mol. The van der Waals surface area contributed by atoms with Crippen molar-refractivity contribution in [2.45, 2.75) is 44.9 Å². The van der Waals surface area contributed by atoms with Gasteiger partial charge in [0.2, 0.25) is 0 Å². The van der Waals surface area contributed by atoms with Crippen LogP contribution in [0.3, 0.4) is 0 Å². The summed E-state index contributed by atoms with van der Waals surface area (Å²) in [5.74, 6) is 3.10. The van der Waals surface area contributed by atoms with E-state index in [0.717, 1.165) is 17.8 Å². The summed E-state index contributed by atoms with van der Waals surface area (Å²) < 4.78 is 0. The molecule has 0 aromatic carbocycles. The molecule has 2 nitrogen and oxygen atoms in total. The fourth-order valence-corrected chi connectivity index (χ4v) is 3.12. The van der Waals surface area contributed by atoms with Gasteiger partial charge in [-0.25, -0.2) is 0 Å². The first-order chi connectivity index (χ1) is 8.40. The van der Waals surface area contributed by atoms with E-state index in [2.05, 4.69) is 10.2 Å². The predicted octanol–water partition coefficient (Wildman–Crippen LogP) is 2.50. The maximum Gasteiger partial charge on any atom is 0.000978 e. The van der Waals surface area contributed by atoms with E-state index in [0.29, 0.717) is 0 Å². The second kappa shape index (κ2) is 5.71. The molecule has 0 aromatic rings. The van der Waals surface area contributed by atoms with Gasteiger partial charge in [-0.05, 0) is 82.3 Å². The summed E-state index contributed by atoms with van der Waals surface area (Å²) >= 11 is 0. The Hall–Kier alpha value is -0.0800. The molecule has 3 fully saturated rings. The zero-order chi connectivity index (χ0) is 11.5. The number of nitrogens with zero attached hydrogens (tertiary/aromatic N) is 1. The lowest BCUT2D eigenvalue weighted by molar-refractivity contribution is 0.221. The minimum atomic E-state index is 0.963. The number of rotatable bonds is 7. The fourth-order valence-electron chi connectivity index (χ4n) is 3.12. The molecule has 0 bridgehead atoms. The largest absolute Gasteiger partial charge is 0.316 e. The van der Waals surface area contributed by atoms with E-state index in [1.165, 1.54) is 77.7 Å². The zero-order valence-corrected chi connectivity index (χ0v) is 11.2. The van der Waals surface area contributed by atoms with Crippen LogP contribution in [-0.4, -0.2) is 37.6 Å². The van der Waals surface area contributed by atoms with E-state index >= 15 is 0 Å². The van der Waals surface area contributed by atoms with Crippen molar-refractivity contribution >= 4 is 0 Å². The molecule has 0 amide bonds. The molecule has 1 aliphatic heterocycles. The minimum Gasteiger partial charge on any atom is -0.316 e. The average molecular weight is 236 g/mol. The lowest BCUT2D eigenvalue weighted by Gasteiger charge is -2.27. The van der Waals surface area contributed by atoms with Crippen molar-refractivity contribution in [1.29, 1.82) is 0 Å². The minimum absolute atomic E-state index is 0.963. The number of nitrogens with one attached hydrogen (secondary N) is 1. The summed E-state index contributed by atoms with van der Waals surface area (Å²) in [5, 5.41) is 3.55. The smallest absolute Gasteiger partial charge is 0.000978 e. The second-order valence-electron chi connectivity index (χ2n) is 6.65. The lowest BCUT2D eigenvalue weighted by Crippen LogP contribution is -2.34. The summed E-state index contributed by atoms with van der Waals surface area (Å²) in [6, 6.07) is 0. The van der Waals surface area contributed by atoms with E-state index in [1.54, 1.807) is 0 Å². The van der Waals surface area contributed by atoms with Crippen LogP contribution in [-0.2, 0) is 0 Å². The van der Waals surface area contributed by atoms with Gasteiger partial charge >= 0.3 is 0 Å². The van der Waals surface area contributed by atoms with Crippen LogP contribution in [0.25, 0.3) is 0 Å². The highest BCUT2D eigenvalue weighted by molar-refractivity contribution is 4.83. The quantitative estimate of drug-likeness (QED) is 0.730. The molecule has 0 aromatic heterocycles. The Morgan fingerprint density at radius 1 is 0.882 bits per heavy atom. The van der Waals surface area contributed by atoms with E-state index < -0.39 is 0 Å². The summed E-state index contributed by atoms with van der Waals surface area (Å²) in [6.45, 7) is 6.73. The Morgan fingerprint density at radius 3 is 2.12 bits per heavy atom. The van der Waals surface area contributed by atoms with E-state index in [1.807, 2.05) is 0 Å². The van der Waals surface area contributed by atoms with Gasteiger partial charge in [-0.15, -0.1) is 0 Å². The van der Waals surface area contributed by atoms with Crippen molar-refractivity contribution < 1.29 is 0 Å². The molecule has 0 spiro atoms. The number of hydrogen-bond donors (Lipinski definition) is 1. The molecule has 1 N–H and O–H groups in total. The average Bonchev–Trinajstić information content (AvgIpc) is 3.23. The van der Waals surface area contributed by atoms with Crippen LogP contribution < -0.4 is 5.32 Å². The van der Waals surface area contributed by atoms with Crippen molar-refractivity contribution in [3.05, 3.63) is 0 Å². The molecule has 1 atom stereocenters. The SMILES string of the molecule is C1CNCC(CCN(CC2CC2)CC2CC2)C1. The normalized spacial score (nSPS) is 29.8. The Balaban J connectivity index is 1.38. The molecule has 3 aliphatic rings. The van der Waals surface area contributed by atoms with Crippen molar-refractivity contribution in [3.63, 3.8) is 0 Å². The van der Waals surface area contributed by atoms with E-state index in [9.17, 15) is 0 Å². The molecule has 1 saturated heterocycles. The first-order valence-electron chi connectivity index (χ1n) is 7.83. The lowest BCUT2D eigenvalue weighted by atomic mass is 9.96. The number of piperidine rings is 1. The standard InChI is InChI=1S/C15H28N2/c1-2-13(10-16-8-1)7-9-17(11-14-3-4-14)12-15-5-6-15/h13-16H,1-12H2. The van der Waals surface area contributed by atoms with Crippen LogP contribution in [0.5, 0.6) is 0 Å². The molecule has 2 saturated carbocycles. The monoisotopic (exact) mass is 236 g/mol. The van der Waals surface area contributed by atoms with Crippen LogP contribution in [0, 0.1) is 17.8 Å². The Labute approximate surface area is 106 Å². The van der Waals surface area contributed by atoms with Gasteiger partial charge in [0.15, 0.2) is 0 Å². The topological polar surface area (TPSA) is 15.3 Å². The third-order valence-electron chi connectivity index (χ3n) is 4.68. The Kier molecular flexibility index (Phi) is 4.02. The van der Waals surface area contributed by atoms with Crippen LogP contribution in [0.2, 0.25) is 0 Å². The van der Waals surface area contributed by atoms with E-state index in [-0.39, 0.29) is 0 Å². The van der Waals surface area contributed by atoms with Crippen molar-refractivity contribution in [2.75, 3.05) is 32.7 Å². The molecule has 2 heteroatoms. The summed E-state index contributed by atoms with van der Waals surface area (Å²) in [6.07, 6.45) is 10.3. The molecule has 2 aliphatic carbocycles. The Bertz CT molecular complexity index is 213. The van der Waals surface area contributed by atoms with Crippen molar-refractivity contribution in [3.8, 4) is 0 Å². The van der Waals surface area contributed by atoms with Crippen molar-refractivity contribution in [1.82, 2.24) is 10.2 Å². The molecule has 1 unspecified atom stereocenters. The molecular formula is C15H28N2. The van der Waals surface area contributed by atoms with Crippen molar-refractivity contribution in [2.24, 2.45) is 17.8 Å².